The highest BCUT2D eigenvalue weighted by molar-refractivity contribution is 7.97. The molecular weight excluding hydrogens is 656 g/mol. The first-order valence-electron chi connectivity index (χ1n) is 14.5. The number of fused-ring (bicyclic) bond motifs is 1. The molecule has 4 rings (SSSR count). The van der Waals surface area contributed by atoms with Crippen LogP contribution in [0.2, 0.25) is 0 Å². The summed E-state index contributed by atoms with van der Waals surface area (Å²) in [5, 5.41) is 4.27. The van der Waals surface area contributed by atoms with E-state index in [0.29, 0.717) is 54.6 Å². The fourth-order valence-electron chi connectivity index (χ4n) is 5.04. The van der Waals surface area contributed by atoms with Crippen LogP contribution in [-0.4, -0.2) is 92.4 Å². The Morgan fingerprint density at radius 2 is 1.77 bits per heavy atom. The summed E-state index contributed by atoms with van der Waals surface area (Å²) in [6.07, 6.45) is -6.24. The number of alkyl halides is 6. The van der Waals surface area contributed by atoms with Crippen molar-refractivity contribution in [3.63, 3.8) is 0 Å². The maximum absolute atomic E-state index is 13.6. The number of amides is 1. The summed E-state index contributed by atoms with van der Waals surface area (Å²) in [5.74, 6) is -2.15. The van der Waals surface area contributed by atoms with E-state index in [9.17, 15) is 35.9 Å². The summed E-state index contributed by atoms with van der Waals surface area (Å²) in [5.41, 5.74) is 1.73. The third-order valence-corrected chi connectivity index (χ3v) is 8.27. The van der Waals surface area contributed by atoms with Gasteiger partial charge in [0.15, 0.2) is 19.5 Å². The van der Waals surface area contributed by atoms with Crippen LogP contribution in [0.3, 0.4) is 0 Å². The van der Waals surface area contributed by atoms with E-state index in [4.69, 9.17) is 14.2 Å². The van der Waals surface area contributed by atoms with Crippen molar-refractivity contribution in [3.8, 4) is 11.8 Å². The van der Waals surface area contributed by atoms with Crippen LogP contribution in [0.4, 0.5) is 37.7 Å². The summed E-state index contributed by atoms with van der Waals surface area (Å²) in [7, 11) is 3.52. The molecule has 0 radical (unpaired) electrons. The second kappa shape index (κ2) is 15.8. The highest BCUT2D eigenvalue weighted by atomic mass is 32.2. The van der Waals surface area contributed by atoms with Gasteiger partial charge in [-0.3, -0.25) is 9.59 Å². The van der Waals surface area contributed by atoms with E-state index in [2.05, 4.69) is 15.3 Å². The van der Waals surface area contributed by atoms with Crippen LogP contribution in [0.1, 0.15) is 29.6 Å². The predicted molar refractivity (Wildman–Crippen MR) is 163 cm³/mol. The minimum absolute atomic E-state index is 0.0979. The van der Waals surface area contributed by atoms with Gasteiger partial charge in [0.05, 0.1) is 5.92 Å². The van der Waals surface area contributed by atoms with Crippen LogP contribution in [-0.2, 0) is 9.53 Å². The number of benzene rings is 2. The summed E-state index contributed by atoms with van der Waals surface area (Å²) >= 11 is 0.757. The van der Waals surface area contributed by atoms with E-state index in [-0.39, 0.29) is 17.3 Å². The van der Waals surface area contributed by atoms with E-state index in [1.165, 1.54) is 0 Å². The van der Waals surface area contributed by atoms with E-state index in [0.717, 1.165) is 36.7 Å². The minimum atomic E-state index is -4.73. The number of anilines is 2. The Labute approximate surface area is 270 Å². The zero-order valence-electron chi connectivity index (χ0n) is 25.5. The molecule has 47 heavy (non-hydrogen) atoms. The van der Waals surface area contributed by atoms with Crippen molar-refractivity contribution in [2.24, 2.45) is 5.92 Å². The van der Waals surface area contributed by atoms with Crippen LogP contribution in [0.25, 0.3) is 10.8 Å². The molecule has 1 N–H and O–H groups in total. The number of aromatic nitrogens is 2. The fraction of sp³-hybridized carbons (Fsp3) is 0.467. The van der Waals surface area contributed by atoms with Gasteiger partial charge < -0.3 is 24.4 Å². The van der Waals surface area contributed by atoms with Crippen LogP contribution in [0.5, 0.6) is 11.8 Å². The Bertz CT molecular complexity index is 1510. The van der Waals surface area contributed by atoms with Crippen LogP contribution >= 0.6 is 11.9 Å². The lowest BCUT2D eigenvalue weighted by Crippen LogP contribution is -2.37. The predicted octanol–water partition coefficient (Wildman–Crippen LogP) is 6.16. The number of rotatable bonds is 14. The van der Waals surface area contributed by atoms with E-state index >= 15 is 0 Å². The zero-order valence-corrected chi connectivity index (χ0v) is 26.3. The Kier molecular flexibility index (Phi) is 12.1. The molecule has 1 amide bonds. The first kappa shape index (κ1) is 36.0. The number of hydrogen-bond donors (Lipinski definition) is 1. The van der Waals surface area contributed by atoms with Crippen LogP contribution < -0.4 is 19.7 Å². The molecule has 0 saturated carbocycles. The Morgan fingerprint density at radius 1 is 1.09 bits per heavy atom. The van der Waals surface area contributed by atoms with Gasteiger partial charge in [-0.2, -0.15) is 26.3 Å². The summed E-state index contributed by atoms with van der Waals surface area (Å²) in [6, 6.07) is 8.78. The lowest BCUT2D eigenvalue weighted by molar-refractivity contribution is -0.155. The third kappa shape index (κ3) is 10.1. The van der Waals surface area contributed by atoms with Gasteiger partial charge in [-0.25, -0.2) is 14.3 Å². The third-order valence-electron chi connectivity index (χ3n) is 7.15. The fourth-order valence-corrected chi connectivity index (χ4v) is 6.15. The van der Waals surface area contributed by atoms with E-state index in [1.807, 2.05) is 18.0 Å². The number of ether oxygens (including phenoxy) is 3. The summed E-state index contributed by atoms with van der Waals surface area (Å²) < 4.78 is 93.6. The maximum atomic E-state index is 13.6. The number of aldehydes is 1. The number of halogens is 6. The standard InChI is InChI=1S/C30H33F6N5O5S/c1-40(11-5-13-44-2)23-10-9-22(21-8-3-6-20(15-42)24(21)23)39-26(43)19-7-4-12-41(14-19)47-25-27(45-16-29(31,32)33)37-18-38-28(25)46-17-30(34,35)36/h3,6,8-10,15,18-19H,4-5,7,11-14,16-17H2,1-2H3,(H,39,43). The van der Waals surface area contributed by atoms with Gasteiger partial charge in [0.2, 0.25) is 17.7 Å². The summed E-state index contributed by atoms with van der Waals surface area (Å²) in [4.78, 5) is 34.6. The molecule has 0 aliphatic carbocycles. The first-order valence-corrected chi connectivity index (χ1v) is 15.3. The quantitative estimate of drug-likeness (QED) is 0.0917. The molecule has 1 aliphatic rings. The highest BCUT2D eigenvalue weighted by Crippen LogP contribution is 2.40. The average molecular weight is 690 g/mol. The van der Waals surface area contributed by atoms with Gasteiger partial charge in [0, 0.05) is 68.1 Å². The van der Waals surface area contributed by atoms with Crippen molar-refractivity contribution in [1.82, 2.24) is 14.3 Å². The molecule has 2 aromatic carbocycles. The lowest BCUT2D eigenvalue weighted by Gasteiger charge is -2.31. The molecule has 17 heteroatoms. The van der Waals surface area contributed by atoms with Gasteiger partial charge in [-0.05, 0) is 43.3 Å². The van der Waals surface area contributed by atoms with Gasteiger partial charge in [-0.1, -0.05) is 18.2 Å². The van der Waals surface area contributed by atoms with Crippen molar-refractivity contribution in [2.75, 3.05) is 63.8 Å². The molecule has 1 aliphatic heterocycles. The first-order chi connectivity index (χ1) is 22.3. The van der Waals surface area contributed by atoms with Gasteiger partial charge in [-0.15, -0.1) is 0 Å². The van der Waals surface area contributed by atoms with Gasteiger partial charge >= 0.3 is 12.4 Å². The van der Waals surface area contributed by atoms with Gasteiger partial charge in [0.25, 0.3) is 0 Å². The van der Waals surface area contributed by atoms with Crippen LogP contribution in [0, 0.1) is 5.92 Å². The van der Waals surface area contributed by atoms with Crippen molar-refractivity contribution in [2.45, 2.75) is 36.5 Å². The number of carbonyl (C=O) groups is 2. The number of hydrogen-bond acceptors (Lipinski definition) is 10. The molecule has 256 valence electrons. The van der Waals surface area contributed by atoms with Crippen molar-refractivity contribution >= 4 is 46.3 Å². The molecular formula is C30H33F6N5O5S. The molecule has 1 atom stereocenters. The normalized spacial score (nSPS) is 15.8. The maximum Gasteiger partial charge on any atom is 0.422 e. The van der Waals surface area contributed by atoms with E-state index < -0.39 is 43.2 Å². The Hall–Kier alpha value is -3.83. The Balaban J connectivity index is 1.54. The van der Waals surface area contributed by atoms with E-state index in [1.54, 1.807) is 35.7 Å². The second-order valence-electron chi connectivity index (χ2n) is 10.7. The SMILES string of the molecule is COCCCN(C)c1ccc(NC(=O)C2CCCN(Sc3c(OCC(F)(F)F)ncnc3OCC(F)(F)F)C2)c2cccc(C=O)c12. The Morgan fingerprint density at radius 3 is 2.38 bits per heavy atom. The molecule has 1 fully saturated rings. The van der Waals surface area contributed by atoms with Crippen molar-refractivity contribution in [1.29, 1.82) is 0 Å². The van der Waals surface area contributed by atoms with Crippen molar-refractivity contribution in [3.05, 3.63) is 42.2 Å². The molecule has 3 aromatic rings. The number of nitrogens with zero attached hydrogens (tertiary/aromatic N) is 4. The van der Waals surface area contributed by atoms with Crippen molar-refractivity contribution < 1.29 is 50.1 Å². The largest absolute Gasteiger partial charge is 0.467 e. The minimum Gasteiger partial charge on any atom is -0.467 e. The smallest absolute Gasteiger partial charge is 0.422 e. The molecule has 0 bridgehead atoms. The van der Waals surface area contributed by atoms with Crippen LogP contribution in [0.15, 0.2) is 41.6 Å². The number of piperidine rings is 1. The van der Waals surface area contributed by atoms with Gasteiger partial charge in [0.1, 0.15) is 11.2 Å². The molecule has 1 unspecified atom stereocenters. The molecule has 2 heterocycles. The second-order valence-corrected chi connectivity index (χ2v) is 11.8. The monoisotopic (exact) mass is 689 g/mol. The number of methoxy groups -OCH3 is 1. The zero-order chi connectivity index (χ0) is 34.2. The average Bonchev–Trinajstić information content (AvgIpc) is 3.02. The topological polar surface area (TPSA) is 106 Å². The highest BCUT2D eigenvalue weighted by Gasteiger charge is 2.34. The number of nitrogens with one attached hydrogen (secondary N) is 1. The number of carbonyl (C=O) groups excluding carboxylic acids is 2. The molecule has 10 nitrogen and oxygen atoms in total. The molecule has 1 aromatic heterocycles. The lowest BCUT2D eigenvalue weighted by atomic mass is 9.97. The molecule has 0 spiro atoms. The summed E-state index contributed by atoms with van der Waals surface area (Å²) in [6.45, 7) is -1.78. The molecule has 1 saturated heterocycles.